The number of hydrazine groups is 1. The number of nitro benzene ring substituents is 1. The van der Waals surface area contributed by atoms with E-state index >= 15 is 0 Å². The van der Waals surface area contributed by atoms with E-state index < -0.39 is 10.8 Å². The van der Waals surface area contributed by atoms with Crippen LogP contribution >= 0.6 is 11.6 Å². The molecule has 0 aliphatic heterocycles. The van der Waals surface area contributed by atoms with Gasteiger partial charge in [-0.1, -0.05) is 29.8 Å². The molecule has 2 rings (SSSR count). The Morgan fingerprint density at radius 3 is 2.45 bits per heavy atom. The minimum atomic E-state index is -0.574. The van der Waals surface area contributed by atoms with E-state index in [-0.39, 0.29) is 16.3 Å². The smallest absolute Gasteiger partial charge is 0.271 e. The molecule has 0 saturated heterocycles. The summed E-state index contributed by atoms with van der Waals surface area (Å²) >= 11 is 5.86. The molecule has 0 unspecified atom stereocenters. The van der Waals surface area contributed by atoms with Gasteiger partial charge in [0.1, 0.15) is 0 Å². The number of nitrogens with one attached hydrogen (secondary N) is 2. The van der Waals surface area contributed by atoms with E-state index in [0.717, 1.165) is 6.07 Å². The van der Waals surface area contributed by atoms with Crippen LogP contribution in [0.2, 0.25) is 5.02 Å². The summed E-state index contributed by atoms with van der Waals surface area (Å²) < 4.78 is 0. The van der Waals surface area contributed by atoms with Gasteiger partial charge >= 0.3 is 0 Å². The summed E-state index contributed by atoms with van der Waals surface area (Å²) in [6, 6.07) is 12.7. The maximum Gasteiger partial charge on any atom is 0.271 e. The fourth-order valence-corrected chi connectivity index (χ4v) is 1.78. The first-order valence-electron chi connectivity index (χ1n) is 5.63. The van der Waals surface area contributed by atoms with Crippen LogP contribution in [0.15, 0.2) is 48.5 Å². The Kier molecular flexibility index (Phi) is 4.17. The van der Waals surface area contributed by atoms with E-state index in [1.165, 1.54) is 12.1 Å². The van der Waals surface area contributed by atoms with Gasteiger partial charge in [0.2, 0.25) is 0 Å². The third-order valence-corrected chi connectivity index (χ3v) is 2.81. The number of halogens is 1. The number of para-hydroxylation sites is 1. The lowest BCUT2D eigenvalue weighted by Gasteiger charge is -2.09. The Balaban J connectivity index is 2.08. The molecular weight excluding hydrogens is 282 g/mol. The normalized spacial score (nSPS) is 9.85. The van der Waals surface area contributed by atoms with Crippen LogP contribution < -0.4 is 10.9 Å². The number of hydrogen-bond acceptors (Lipinski definition) is 4. The Morgan fingerprint density at radius 2 is 1.85 bits per heavy atom. The Hall–Kier alpha value is -2.60. The van der Waals surface area contributed by atoms with Crippen molar-refractivity contribution in [1.82, 2.24) is 5.43 Å². The number of nitro groups is 1. The number of nitrogens with zero attached hydrogens (tertiary/aromatic N) is 1. The minimum absolute atomic E-state index is 0.0200. The fraction of sp³-hybridized carbons (Fsp3) is 0. The lowest BCUT2D eigenvalue weighted by molar-refractivity contribution is -0.384. The van der Waals surface area contributed by atoms with Gasteiger partial charge in [-0.2, -0.15) is 0 Å². The second-order valence-corrected chi connectivity index (χ2v) is 4.27. The van der Waals surface area contributed by atoms with Crippen LogP contribution in [0.25, 0.3) is 0 Å². The van der Waals surface area contributed by atoms with Crippen molar-refractivity contribution in [2.75, 3.05) is 5.43 Å². The molecule has 0 aliphatic carbocycles. The molecule has 20 heavy (non-hydrogen) atoms. The highest BCUT2D eigenvalue weighted by atomic mass is 35.5. The van der Waals surface area contributed by atoms with Crippen LogP contribution in [0.1, 0.15) is 10.4 Å². The molecule has 0 atom stereocenters. The maximum absolute atomic E-state index is 11.9. The van der Waals surface area contributed by atoms with Gasteiger partial charge in [-0.15, -0.1) is 0 Å². The molecule has 2 N–H and O–H groups in total. The molecule has 0 saturated carbocycles. The van der Waals surface area contributed by atoms with E-state index in [2.05, 4.69) is 10.9 Å². The third kappa shape index (κ3) is 3.24. The molecule has 0 bridgehead atoms. The Labute approximate surface area is 119 Å². The minimum Gasteiger partial charge on any atom is -0.298 e. The van der Waals surface area contributed by atoms with Crippen LogP contribution in [-0.2, 0) is 0 Å². The van der Waals surface area contributed by atoms with E-state index in [1.54, 1.807) is 12.1 Å². The van der Waals surface area contributed by atoms with Crippen molar-refractivity contribution in [2.24, 2.45) is 0 Å². The lowest BCUT2D eigenvalue weighted by Crippen LogP contribution is -2.29. The molecule has 0 fully saturated rings. The standard InChI is InChI=1S/C13H10ClN3O3/c14-12-8-10(17(19)20)6-7-11(12)13(18)16-15-9-4-2-1-3-5-9/h1-8,15H,(H,16,18). The number of non-ortho nitro benzene ring substituents is 1. The fourth-order valence-electron chi connectivity index (χ4n) is 1.52. The number of carbonyl (C=O) groups is 1. The van der Waals surface area contributed by atoms with Gasteiger partial charge in [-0.05, 0) is 18.2 Å². The van der Waals surface area contributed by atoms with E-state index in [0.29, 0.717) is 5.69 Å². The van der Waals surface area contributed by atoms with Gasteiger partial charge in [0.25, 0.3) is 11.6 Å². The predicted molar refractivity (Wildman–Crippen MR) is 75.6 cm³/mol. The van der Waals surface area contributed by atoms with Gasteiger partial charge in [-0.3, -0.25) is 25.8 Å². The molecule has 1 amide bonds. The first-order chi connectivity index (χ1) is 9.58. The number of benzene rings is 2. The Bertz CT molecular complexity index is 647. The number of amides is 1. The topological polar surface area (TPSA) is 84.3 Å². The van der Waals surface area contributed by atoms with Crippen LogP contribution in [0.4, 0.5) is 11.4 Å². The second kappa shape index (κ2) is 6.03. The highest BCUT2D eigenvalue weighted by molar-refractivity contribution is 6.34. The van der Waals surface area contributed by atoms with Crippen molar-refractivity contribution in [1.29, 1.82) is 0 Å². The van der Waals surface area contributed by atoms with Crippen LogP contribution in [-0.4, -0.2) is 10.8 Å². The zero-order valence-electron chi connectivity index (χ0n) is 10.2. The van der Waals surface area contributed by atoms with Gasteiger partial charge in [0, 0.05) is 12.1 Å². The van der Waals surface area contributed by atoms with Gasteiger partial charge in [0.05, 0.1) is 21.2 Å². The third-order valence-electron chi connectivity index (χ3n) is 2.50. The second-order valence-electron chi connectivity index (χ2n) is 3.87. The predicted octanol–water partition coefficient (Wildman–Crippen LogP) is 3.01. The van der Waals surface area contributed by atoms with Crippen molar-refractivity contribution in [3.63, 3.8) is 0 Å². The highest BCUT2D eigenvalue weighted by Gasteiger charge is 2.14. The molecule has 2 aromatic carbocycles. The molecule has 7 heteroatoms. The highest BCUT2D eigenvalue weighted by Crippen LogP contribution is 2.22. The summed E-state index contributed by atoms with van der Waals surface area (Å²) in [5.41, 5.74) is 5.87. The molecule has 0 heterocycles. The molecule has 6 nitrogen and oxygen atoms in total. The van der Waals surface area contributed by atoms with Crippen molar-refractivity contribution < 1.29 is 9.72 Å². The molecule has 0 aromatic heterocycles. The van der Waals surface area contributed by atoms with Crippen LogP contribution in [0.3, 0.4) is 0 Å². The molecule has 0 spiro atoms. The van der Waals surface area contributed by atoms with Crippen LogP contribution in [0.5, 0.6) is 0 Å². The summed E-state index contributed by atoms with van der Waals surface area (Å²) in [6.45, 7) is 0. The SMILES string of the molecule is O=C(NNc1ccccc1)c1ccc([N+](=O)[O-])cc1Cl. The average Bonchev–Trinajstić information content (AvgIpc) is 2.45. The van der Waals surface area contributed by atoms with Gasteiger partial charge in [-0.25, -0.2) is 0 Å². The van der Waals surface area contributed by atoms with E-state index in [9.17, 15) is 14.9 Å². The zero-order chi connectivity index (χ0) is 14.5. The van der Waals surface area contributed by atoms with Crippen molar-refractivity contribution in [2.45, 2.75) is 0 Å². The number of rotatable bonds is 4. The summed E-state index contributed by atoms with van der Waals surface area (Å²) in [5.74, 6) is -0.478. The first-order valence-corrected chi connectivity index (χ1v) is 6.01. The van der Waals surface area contributed by atoms with Crippen molar-refractivity contribution >= 4 is 28.9 Å². The summed E-state index contributed by atoms with van der Waals surface area (Å²) in [7, 11) is 0. The van der Waals surface area contributed by atoms with Crippen molar-refractivity contribution in [3.8, 4) is 0 Å². The number of carbonyl (C=O) groups excluding carboxylic acids is 1. The molecule has 0 radical (unpaired) electrons. The summed E-state index contributed by atoms with van der Waals surface area (Å²) in [6.07, 6.45) is 0. The molecule has 2 aromatic rings. The lowest BCUT2D eigenvalue weighted by atomic mass is 10.2. The molecular formula is C13H10ClN3O3. The zero-order valence-corrected chi connectivity index (χ0v) is 10.9. The van der Waals surface area contributed by atoms with E-state index in [1.807, 2.05) is 18.2 Å². The summed E-state index contributed by atoms with van der Waals surface area (Å²) in [4.78, 5) is 21.9. The molecule has 0 aliphatic rings. The quantitative estimate of drug-likeness (QED) is 0.670. The van der Waals surface area contributed by atoms with Gasteiger partial charge < -0.3 is 0 Å². The number of anilines is 1. The van der Waals surface area contributed by atoms with E-state index in [4.69, 9.17) is 11.6 Å². The number of hydrogen-bond donors (Lipinski definition) is 2. The monoisotopic (exact) mass is 291 g/mol. The Morgan fingerprint density at radius 1 is 1.15 bits per heavy atom. The first kappa shape index (κ1) is 13.8. The molecule has 102 valence electrons. The average molecular weight is 292 g/mol. The van der Waals surface area contributed by atoms with Crippen molar-refractivity contribution in [3.05, 3.63) is 69.2 Å². The maximum atomic E-state index is 11.9. The largest absolute Gasteiger partial charge is 0.298 e. The summed E-state index contributed by atoms with van der Waals surface area (Å²) in [5, 5.41) is 10.6. The van der Waals surface area contributed by atoms with Gasteiger partial charge in [0.15, 0.2) is 0 Å². The van der Waals surface area contributed by atoms with Crippen LogP contribution in [0, 0.1) is 10.1 Å².